The number of ether oxygens (including phenoxy) is 4. The monoisotopic (exact) mass is 463 g/mol. The predicted octanol–water partition coefficient (Wildman–Crippen LogP) is 3.49. The van der Waals surface area contributed by atoms with Crippen LogP contribution in [0.1, 0.15) is 15.9 Å². The fourth-order valence-corrected chi connectivity index (χ4v) is 3.02. The molecule has 2 N–H and O–H groups in total. The summed E-state index contributed by atoms with van der Waals surface area (Å²) in [7, 11) is 4.54. The molecule has 0 aliphatic carbocycles. The summed E-state index contributed by atoms with van der Waals surface area (Å²) in [4.78, 5) is 24.4. The highest BCUT2D eigenvalue weighted by molar-refractivity contribution is 5.95. The van der Waals surface area contributed by atoms with Crippen LogP contribution in [0.25, 0.3) is 0 Å². The van der Waals surface area contributed by atoms with E-state index < -0.39 is 5.91 Å². The molecule has 3 rings (SSSR count). The molecule has 9 heteroatoms. The molecule has 0 atom stereocenters. The van der Waals surface area contributed by atoms with Crippen LogP contribution in [0.5, 0.6) is 23.0 Å². The summed E-state index contributed by atoms with van der Waals surface area (Å²) in [5, 5.41) is 6.73. The first-order chi connectivity index (χ1) is 16.5. The van der Waals surface area contributed by atoms with Crippen molar-refractivity contribution in [2.45, 2.75) is 0 Å². The molecule has 0 heterocycles. The van der Waals surface area contributed by atoms with Crippen LogP contribution in [0.3, 0.4) is 0 Å². The van der Waals surface area contributed by atoms with Crippen molar-refractivity contribution >= 4 is 23.7 Å². The molecule has 0 saturated heterocycles. The number of methoxy groups -OCH3 is 3. The quantitative estimate of drug-likeness (QED) is 0.352. The standard InChI is InChI=1S/C25H25N3O6/c1-31-21-14-11-18(23(32-2)24(21)33-3)15-26-28-25(30)17-9-12-20(13-10-17)34-16-22(29)27-19-7-5-4-6-8-19/h4-15H,16H2,1-3H3,(H,27,29)(H,28,30). The number of nitrogens with zero attached hydrogens (tertiary/aromatic N) is 1. The van der Waals surface area contributed by atoms with Crippen LogP contribution in [0, 0.1) is 0 Å². The molecule has 3 aromatic rings. The van der Waals surface area contributed by atoms with Crippen LogP contribution >= 0.6 is 0 Å². The summed E-state index contributed by atoms with van der Waals surface area (Å²) in [6.07, 6.45) is 1.45. The van der Waals surface area contributed by atoms with Gasteiger partial charge in [0.2, 0.25) is 5.75 Å². The maximum absolute atomic E-state index is 12.4. The van der Waals surface area contributed by atoms with Crippen LogP contribution in [-0.2, 0) is 4.79 Å². The lowest BCUT2D eigenvalue weighted by molar-refractivity contribution is -0.118. The van der Waals surface area contributed by atoms with E-state index in [-0.39, 0.29) is 12.5 Å². The minimum atomic E-state index is -0.413. The molecule has 0 radical (unpaired) electrons. The van der Waals surface area contributed by atoms with E-state index in [1.54, 1.807) is 48.5 Å². The lowest BCUT2D eigenvalue weighted by atomic mass is 10.2. The Morgan fingerprint density at radius 2 is 1.56 bits per heavy atom. The third-order valence-electron chi connectivity index (χ3n) is 4.65. The normalized spacial score (nSPS) is 10.4. The number of hydrogen-bond donors (Lipinski definition) is 2. The highest BCUT2D eigenvalue weighted by Gasteiger charge is 2.14. The van der Waals surface area contributed by atoms with E-state index in [0.717, 1.165) is 0 Å². The first kappa shape index (κ1) is 24.1. The largest absolute Gasteiger partial charge is 0.493 e. The first-order valence-electron chi connectivity index (χ1n) is 10.3. The Balaban J connectivity index is 1.55. The van der Waals surface area contributed by atoms with Gasteiger partial charge >= 0.3 is 0 Å². The predicted molar refractivity (Wildman–Crippen MR) is 128 cm³/mol. The number of hydrogen-bond acceptors (Lipinski definition) is 7. The summed E-state index contributed by atoms with van der Waals surface area (Å²) in [6, 6.07) is 18.9. The zero-order valence-electron chi connectivity index (χ0n) is 19.0. The second kappa shape index (κ2) is 11.9. The van der Waals surface area contributed by atoms with Crippen molar-refractivity contribution in [3.63, 3.8) is 0 Å². The second-order valence-electron chi connectivity index (χ2n) is 6.85. The molecular formula is C25H25N3O6. The molecule has 0 aromatic heterocycles. The van der Waals surface area contributed by atoms with E-state index in [0.29, 0.717) is 39.8 Å². The summed E-state index contributed by atoms with van der Waals surface area (Å²) in [5.41, 5.74) is 4.12. The van der Waals surface area contributed by atoms with Gasteiger partial charge in [-0.2, -0.15) is 5.10 Å². The molecule has 0 aliphatic heterocycles. The van der Waals surface area contributed by atoms with Crippen LogP contribution in [0.2, 0.25) is 0 Å². The van der Waals surface area contributed by atoms with Crippen molar-refractivity contribution in [1.82, 2.24) is 5.43 Å². The molecule has 0 saturated carbocycles. The van der Waals surface area contributed by atoms with Crippen LogP contribution in [-0.4, -0.2) is 46.0 Å². The first-order valence-corrected chi connectivity index (χ1v) is 10.3. The minimum Gasteiger partial charge on any atom is -0.493 e. The molecule has 3 aromatic carbocycles. The van der Waals surface area contributed by atoms with Crippen molar-refractivity contribution in [2.75, 3.05) is 33.3 Å². The molecule has 2 amide bonds. The number of rotatable bonds is 10. The van der Waals surface area contributed by atoms with Crippen LogP contribution in [0.4, 0.5) is 5.69 Å². The lowest BCUT2D eigenvalue weighted by Crippen LogP contribution is -2.20. The van der Waals surface area contributed by atoms with Crippen LogP contribution in [0.15, 0.2) is 71.8 Å². The minimum absolute atomic E-state index is 0.155. The fraction of sp³-hybridized carbons (Fsp3) is 0.160. The number of hydrazone groups is 1. The summed E-state index contributed by atoms with van der Waals surface area (Å²) in [6.45, 7) is -0.155. The van der Waals surface area contributed by atoms with E-state index in [4.69, 9.17) is 18.9 Å². The lowest BCUT2D eigenvalue weighted by Gasteiger charge is -2.13. The average molecular weight is 463 g/mol. The van der Waals surface area contributed by atoms with Crippen molar-refractivity contribution < 1.29 is 28.5 Å². The van der Waals surface area contributed by atoms with Crippen molar-refractivity contribution in [3.8, 4) is 23.0 Å². The van der Waals surface area contributed by atoms with E-state index in [2.05, 4.69) is 15.8 Å². The Morgan fingerprint density at radius 1 is 0.853 bits per heavy atom. The fourth-order valence-electron chi connectivity index (χ4n) is 3.02. The molecule has 0 unspecified atom stereocenters. The average Bonchev–Trinajstić information content (AvgIpc) is 2.87. The number of nitrogens with one attached hydrogen (secondary N) is 2. The van der Waals surface area contributed by atoms with Gasteiger partial charge in [0.25, 0.3) is 11.8 Å². The Labute approximate surface area is 197 Å². The molecular weight excluding hydrogens is 438 g/mol. The molecule has 176 valence electrons. The number of benzene rings is 3. The third-order valence-corrected chi connectivity index (χ3v) is 4.65. The topological polar surface area (TPSA) is 107 Å². The maximum atomic E-state index is 12.4. The van der Waals surface area contributed by atoms with Crippen molar-refractivity contribution in [1.29, 1.82) is 0 Å². The van der Waals surface area contributed by atoms with Gasteiger partial charge in [0.1, 0.15) is 5.75 Å². The number of anilines is 1. The highest BCUT2D eigenvalue weighted by atomic mass is 16.5. The highest BCUT2D eigenvalue weighted by Crippen LogP contribution is 2.38. The summed E-state index contributed by atoms with van der Waals surface area (Å²) >= 11 is 0. The molecule has 0 fully saturated rings. The number of carbonyl (C=O) groups excluding carboxylic acids is 2. The summed E-state index contributed by atoms with van der Waals surface area (Å²) < 4.78 is 21.4. The van der Waals surface area contributed by atoms with Gasteiger partial charge in [0.05, 0.1) is 27.5 Å². The van der Waals surface area contributed by atoms with Gasteiger partial charge in [-0.3, -0.25) is 9.59 Å². The Kier molecular flexibility index (Phi) is 8.45. The van der Waals surface area contributed by atoms with E-state index >= 15 is 0 Å². The van der Waals surface area contributed by atoms with E-state index in [1.807, 2.05) is 18.2 Å². The molecule has 0 aliphatic rings. The van der Waals surface area contributed by atoms with Gasteiger partial charge in [0, 0.05) is 16.8 Å². The van der Waals surface area contributed by atoms with Gasteiger partial charge in [-0.1, -0.05) is 18.2 Å². The number of para-hydroxylation sites is 1. The van der Waals surface area contributed by atoms with Gasteiger partial charge < -0.3 is 24.3 Å². The van der Waals surface area contributed by atoms with Crippen molar-refractivity contribution in [2.24, 2.45) is 5.10 Å². The van der Waals surface area contributed by atoms with Gasteiger partial charge in [-0.25, -0.2) is 5.43 Å². The van der Waals surface area contributed by atoms with E-state index in [9.17, 15) is 9.59 Å². The zero-order valence-corrected chi connectivity index (χ0v) is 19.0. The van der Waals surface area contributed by atoms with Gasteiger partial charge in [-0.05, 0) is 48.5 Å². The SMILES string of the molecule is COc1ccc(C=NNC(=O)c2ccc(OCC(=O)Nc3ccccc3)cc2)c(OC)c1OC. The number of amides is 2. The number of carbonyl (C=O) groups is 2. The van der Waals surface area contributed by atoms with Crippen LogP contribution < -0.4 is 29.7 Å². The van der Waals surface area contributed by atoms with Gasteiger partial charge in [0.15, 0.2) is 18.1 Å². The van der Waals surface area contributed by atoms with Crippen molar-refractivity contribution in [3.05, 3.63) is 77.9 Å². The third kappa shape index (κ3) is 6.26. The molecule has 0 bridgehead atoms. The Hall–Kier alpha value is -4.53. The zero-order chi connectivity index (χ0) is 24.3. The van der Waals surface area contributed by atoms with Gasteiger partial charge in [-0.15, -0.1) is 0 Å². The molecule has 9 nitrogen and oxygen atoms in total. The molecule has 34 heavy (non-hydrogen) atoms. The van der Waals surface area contributed by atoms with E-state index in [1.165, 1.54) is 27.5 Å². The smallest absolute Gasteiger partial charge is 0.271 e. The second-order valence-corrected chi connectivity index (χ2v) is 6.85. The molecule has 0 spiro atoms. The summed E-state index contributed by atoms with van der Waals surface area (Å²) in [5.74, 6) is 1.13. The maximum Gasteiger partial charge on any atom is 0.271 e. The Bertz CT molecular complexity index is 1150. The Morgan fingerprint density at radius 3 is 2.21 bits per heavy atom.